The van der Waals surface area contributed by atoms with Crippen molar-refractivity contribution < 1.29 is 4.79 Å². The molecule has 1 saturated heterocycles. The quantitative estimate of drug-likeness (QED) is 0.726. The van der Waals surface area contributed by atoms with Crippen molar-refractivity contribution in [2.75, 3.05) is 18.0 Å². The van der Waals surface area contributed by atoms with E-state index >= 15 is 0 Å². The highest BCUT2D eigenvalue weighted by Crippen LogP contribution is 2.32. The largest absolute Gasteiger partial charge is 0.371 e. The van der Waals surface area contributed by atoms with Crippen molar-refractivity contribution in [3.05, 3.63) is 29.8 Å². The number of benzene rings is 1. The lowest BCUT2D eigenvalue weighted by Gasteiger charge is -2.27. The van der Waals surface area contributed by atoms with E-state index in [2.05, 4.69) is 23.1 Å². The lowest BCUT2D eigenvalue weighted by molar-refractivity contribution is -0.111. The maximum absolute atomic E-state index is 11.2. The van der Waals surface area contributed by atoms with Gasteiger partial charge in [-0.05, 0) is 38.3 Å². The van der Waals surface area contributed by atoms with Crippen molar-refractivity contribution in [1.29, 1.82) is 0 Å². The van der Waals surface area contributed by atoms with Crippen LogP contribution in [0.1, 0.15) is 32.3 Å². The number of aldehydes is 1. The molecule has 0 amide bonds. The Morgan fingerprint density at radius 3 is 2.44 bits per heavy atom. The third-order valence-corrected chi connectivity index (χ3v) is 3.34. The molecule has 2 heteroatoms. The van der Waals surface area contributed by atoms with Gasteiger partial charge in [-0.25, -0.2) is 0 Å². The van der Waals surface area contributed by atoms with Gasteiger partial charge < -0.3 is 9.69 Å². The third kappa shape index (κ3) is 1.97. The number of carbonyl (C=O) groups is 1. The van der Waals surface area contributed by atoms with E-state index < -0.39 is 0 Å². The van der Waals surface area contributed by atoms with Crippen molar-refractivity contribution in [1.82, 2.24) is 0 Å². The van der Waals surface area contributed by atoms with Crippen LogP contribution in [0.4, 0.5) is 5.69 Å². The smallest absolute Gasteiger partial charge is 0.130 e. The lowest BCUT2D eigenvalue weighted by Crippen LogP contribution is -2.26. The Morgan fingerprint density at radius 2 is 1.81 bits per heavy atom. The van der Waals surface area contributed by atoms with Gasteiger partial charge in [0.15, 0.2) is 0 Å². The maximum atomic E-state index is 11.2. The van der Waals surface area contributed by atoms with Gasteiger partial charge in [-0.15, -0.1) is 0 Å². The zero-order valence-electron chi connectivity index (χ0n) is 10.1. The molecule has 1 aliphatic rings. The molecular weight excluding hydrogens is 198 g/mol. The lowest BCUT2D eigenvalue weighted by atomic mass is 9.85. The van der Waals surface area contributed by atoms with E-state index in [0.29, 0.717) is 0 Å². The van der Waals surface area contributed by atoms with Crippen LogP contribution in [0.25, 0.3) is 0 Å². The topological polar surface area (TPSA) is 20.3 Å². The second-order valence-corrected chi connectivity index (χ2v) is 5.05. The summed E-state index contributed by atoms with van der Waals surface area (Å²) in [5.74, 6) is 0. The normalized spacial score (nSPS) is 16.5. The standard InChI is InChI=1S/C14H19NO/c1-14(2,11-16)12-7-3-4-8-13(12)15-9-5-6-10-15/h3-4,7-8,11H,5-6,9-10H2,1-2H3. The van der Waals surface area contributed by atoms with Crippen LogP contribution < -0.4 is 4.90 Å². The zero-order chi connectivity index (χ0) is 11.6. The van der Waals surface area contributed by atoms with Crippen LogP contribution in [0.15, 0.2) is 24.3 Å². The van der Waals surface area contributed by atoms with Crippen LogP contribution in [0.5, 0.6) is 0 Å². The second-order valence-electron chi connectivity index (χ2n) is 5.05. The van der Waals surface area contributed by atoms with Gasteiger partial charge in [0.05, 0.1) is 0 Å². The third-order valence-electron chi connectivity index (χ3n) is 3.34. The Labute approximate surface area is 97.3 Å². The number of hydrogen-bond donors (Lipinski definition) is 0. The van der Waals surface area contributed by atoms with Gasteiger partial charge in [-0.2, -0.15) is 0 Å². The van der Waals surface area contributed by atoms with E-state index in [9.17, 15) is 4.79 Å². The number of carbonyl (C=O) groups excluding carboxylic acids is 1. The van der Waals surface area contributed by atoms with Crippen LogP contribution in [0, 0.1) is 0 Å². The minimum absolute atomic E-state index is 0.390. The van der Waals surface area contributed by atoms with Crippen molar-refractivity contribution >= 4 is 12.0 Å². The number of hydrogen-bond acceptors (Lipinski definition) is 2. The maximum Gasteiger partial charge on any atom is 0.130 e. The summed E-state index contributed by atoms with van der Waals surface area (Å²) in [7, 11) is 0. The van der Waals surface area contributed by atoms with Crippen LogP contribution >= 0.6 is 0 Å². The van der Waals surface area contributed by atoms with E-state index in [1.807, 2.05) is 19.9 Å². The zero-order valence-corrected chi connectivity index (χ0v) is 10.1. The first-order valence-corrected chi connectivity index (χ1v) is 5.96. The minimum Gasteiger partial charge on any atom is -0.371 e. The molecule has 16 heavy (non-hydrogen) atoms. The Kier molecular flexibility index (Phi) is 2.99. The summed E-state index contributed by atoms with van der Waals surface area (Å²) in [5.41, 5.74) is 1.99. The van der Waals surface area contributed by atoms with Crippen molar-refractivity contribution in [3.63, 3.8) is 0 Å². The number of nitrogens with zero attached hydrogens (tertiary/aromatic N) is 1. The molecule has 2 nitrogen and oxygen atoms in total. The van der Waals surface area contributed by atoms with Gasteiger partial charge in [0.1, 0.15) is 6.29 Å². The SMILES string of the molecule is CC(C)(C=O)c1ccccc1N1CCCC1. The van der Waals surface area contributed by atoms with Gasteiger partial charge in [0.25, 0.3) is 0 Å². The molecule has 1 heterocycles. The first-order chi connectivity index (χ1) is 7.65. The number of para-hydroxylation sites is 1. The molecule has 0 aromatic heterocycles. The van der Waals surface area contributed by atoms with Gasteiger partial charge >= 0.3 is 0 Å². The molecule has 0 N–H and O–H groups in total. The molecule has 1 aliphatic heterocycles. The predicted octanol–water partition coefficient (Wildman–Crippen LogP) is 2.76. The Bertz CT molecular complexity index is 378. The first kappa shape index (κ1) is 11.2. The molecule has 0 aliphatic carbocycles. The second kappa shape index (κ2) is 4.28. The highest BCUT2D eigenvalue weighted by atomic mass is 16.1. The fraction of sp³-hybridized carbons (Fsp3) is 0.500. The molecule has 1 fully saturated rings. The number of rotatable bonds is 3. The average molecular weight is 217 g/mol. The van der Waals surface area contributed by atoms with Crippen molar-refractivity contribution in [2.24, 2.45) is 0 Å². The minimum atomic E-state index is -0.390. The van der Waals surface area contributed by atoms with E-state index in [-0.39, 0.29) is 5.41 Å². The van der Waals surface area contributed by atoms with E-state index in [1.165, 1.54) is 18.5 Å². The molecule has 86 valence electrons. The van der Waals surface area contributed by atoms with Crippen LogP contribution in [0.2, 0.25) is 0 Å². The fourth-order valence-electron chi connectivity index (χ4n) is 2.32. The summed E-state index contributed by atoms with van der Waals surface area (Å²) in [6, 6.07) is 8.27. The molecule has 0 spiro atoms. The Morgan fingerprint density at radius 1 is 1.19 bits per heavy atom. The van der Waals surface area contributed by atoms with Crippen LogP contribution in [0.3, 0.4) is 0 Å². The molecule has 1 aromatic carbocycles. The molecule has 0 saturated carbocycles. The Balaban J connectivity index is 2.40. The number of anilines is 1. The van der Waals surface area contributed by atoms with Gasteiger partial charge in [0, 0.05) is 24.2 Å². The van der Waals surface area contributed by atoms with Crippen LogP contribution in [-0.4, -0.2) is 19.4 Å². The van der Waals surface area contributed by atoms with Crippen molar-refractivity contribution in [2.45, 2.75) is 32.1 Å². The summed E-state index contributed by atoms with van der Waals surface area (Å²) in [4.78, 5) is 13.6. The summed E-state index contributed by atoms with van der Waals surface area (Å²) in [6.07, 6.45) is 3.56. The average Bonchev–Trinajstić information content (AvgIpc) is 2.82. The van der Waals surface area contributed by atoms with Gasteiger partial charge in [-0.3, -0.25) is 0 Å². The summed E-state index contributed by atoms with van der Waals surface area (Å²) >= 11 is 0. The summed E-state index contributed by atoms with van der Waals surface area (Å²) in [6.45, 7) is 6.20. The van der Waals surface area contributed by atoms with Crippen molar-refractivity contribution in [3.8, 4) is 0 Å². The predicted molar refractivity (Wildman–Crippen MR) is 67.0 cm³/mol. The molecule has 0 bridgehead atoms. The highest BCUT2D eigenvalue weighted by molar-refractivity contribution is 5.73. The molecular formula is C14H19NO. The molecule has 2 rings (SSSR count). The van der Waals surface area contributed by atoms with E-state index in [1.54, 1.807) is 0 Å². The van der Waals surface area contributed by atoms with E-state index in [0.717, 1.165) is 24.9 Å². The highest BCUT2D eigenvalue weighted by Gasteiger charge is 2.25. The summed E-state index contributed by atoms with van der Waals surface area (Å²) in [5, 5.41) is 0. The molecule has 0 unspecified atom stereocenters. The monoisotopic (exact) mass is 217 g/mol. The van der Waals surface area contributed by atoms with Gasteiger partial charge in [-0.1, -0.05) is 18.2 Å². The van der Waals surface area contributed by atoms with Crippen LogP contribution in [-0.2, 0) is 10.2 Å². The first-order valence-electron chi connectivity index (χ1n) is 5.96. The summed E-state index contributed by atoms with van der Waals surface area (Å²) < 4.78 is 0. The molecule has 0 radical (unpaired) electrons. The fourth-order valence-corrected chi connectivity index (χ4v) is 2.32. The molecule has 1 aromatic rings. The molecule has 0 atom stereocenters. The Hall–Kier alpha value is -1.31. The van der Waals surface area contributed by atoms with Gasteiger partial charge in [0.2, 0.25) is 0 Å². The van der Waals surface area contributed by atoms with E-state index in [4.69, 9.17) is 0 Å².